The Morgan fingerprint density at radius 3 is 2.70 bits per heavy atom. The van der Waals surface area contributed by atoms with E-state index < -0.39 is 0 Å². The molecule has 1 aliphatic carbocycles. The Hall–Kier alpha value is -2.18. The molecule has 5 rings (SSSR count). The fraction of sp³-hybridized carbons (Fsp3) is 0.500. The number of ether oxygens (including phenoxy) is 1. The summed E-state index contributed by atoms with van der Waals surface area (Å²) in [5, 5.41) is 1.33. The molecule has 3 aromatic rings. The molecule has 0 spiro atoms. The first-order valence-corrected chi connectivity index (χ1v) is 11.9. The van der Waals surface area contributed by atoms with Gasteiger partial charge in [-0.05, 0) is 49.8 Å². The summed E-state index contributed by atoms with van der Waals surface area (Å²) in [5.41, 5.74) is 2.79. The van der Waals surface area contributed by atoms with Gasteiger partial charge in [0.25, 0.3) is 0 Å². The van der Waals surface area contributed by atoms with Crippen LogP contribution in [0.1, 0.15) is 29.3 Å². The van der Waals surface area contributed by atoms with Gasteiger partial charge in [-0.1, -0.05) is 24.6 Å². The van der Waals surface area contributed by atoms with E-state index in [1.807, 2.05) is 11.3 Å². The molecule has 3 heterocycles. The van der Waals surface area contributed by atoms with Crippen LogP contribution >= 0.6 is 11.3 Å². The zero-order chi connectivity index (χ0) is 20.5. The molecule has 158 valence electrons. The SMILES string of the molecule is Cc1ccc(OCCN2CCN(c3ncnc4sc5c(c34)C[C@@H](C)CC5)CC2)cc1. The molecular formula is C24H30N4OS. The molecule has 0 amide bonds. The van der Waals surface area contributed by atoms with Gasteiger partial charge >= 0.3 is 0 Å². The highest BCUT2D eigenvalue weighted by Crippen LogP contribution is 2.40. The zero-order valence-electron chi connectivity index (χ0n) is 17.9. The van der Waals surface area contributed by atoms with Gasteiger partial charge in [0, 0.05) is 37.6 Å². The molecule has 1 aromatic carbocycles. The number of hydrogen-bond donors (Lipinski definition) is 0. The smallest absolute Gasteiger partial charge is 0.141 e. The highest BCUT2D eigenvalue weighted by Gasteiger charge is 2.26. The van der Waals surface area contributed by atoms with E-state index in [2.05, 4.69) is 52.9 Å². The van der Waals surface area contributed by atoms with Crippen molar-refractivity contribution in [3.8, 4) is 5.75 Å². The zero-order valence-corrected chi connectivity index (χ0v) is 18.7. The first-order valence-electron chi connectivity index (χ1n) is 11.1. The van der Waals surface area contributed by atoms with Crippen LogP contribution < -0.4 is 9.64 Å². The van der Waals surface area contributed by atoms with E-state index in [-0.39, 0.29) is 0 Å². The van der Waals surface area contributed by atoms with Crippen LogP contribution in [-0.2, 0) is 12.8 Å². The average molecular weight is 423 g/mol. The van der Waals surface area contributed by atoms with Crippen molar-refractivity contribution in [2.75, 3.05) is 44.2 Å². The number of rotatable bonds is 5. The molecule has 0 bridgehead atoms. The van der Waals surface area contributed by atoms with Gasteiger partial charge < -0.3 is 9.64 Å². The molecule has 1 fully saturated rings. The lowest BCUT2D eigenvalue weighted by molar-refractivity contribution is 0.200. The van der Waals surface area contributed by atoms with E-state index in [4.69, 9.17) is 9.72 Å². The third-order valence-electron chi connectivity index (χ3n) is 6.44. The lowest BCUT2D eigenvalue weighted by Crippen LogP contribution is -2.47. The van der Waals surface area contributed by atoms with Crippen molar-refractivity contribution in [2.45, 2.75) is 33.1 Å². The van der Waals surface area contributed by atoms with E-state index in [0.29, 0.717) is 0 Å². The van der Waals surface area contributed by atoms with Gasteiger partial charge in [0.1, 0.15) is 29.3 Å². The average Bonchev–Trinajstić information content (AvgIpc) is 3.14. The Morgan fingerprint density at radius 2 is 1.90 bits per heavy atom. The molecule has 0 saturated carbocycles. The topological polar surface area (TPSA) is 41.5 Å². The highest BCUT2D eigenvalue weighted by molar-refractivity contribution is 7.19. The van der Waals surface area contributed by atoms with Gasteiger partial charge in [0.05, 0.1) is 5.39 Å². The number of hydrogen-bond acceptors (Lipinski definition) is 6. The van der Waals surface area contributed by atoms with Gasteiger partial charge in [-0.15, -0.1) is 11.3 Å². The Kier molecular flexibility index (Phi) is 5.61. The lowest BCUT2D eigenvalue weighted by Gasteiger charge is -2.35. The van der Waals surface area contributed by atoms with E-state index >= 15 is 0 Å². The number of fused-ring (bicyclic) bond motifs is 3. The van der Waals surface area contributed by atoms with Crippen LogP contribution in [0.4, 0.5) is 5.82 Å². The number of benzene rings is 1. The highest BCUT2D eigenvalue weighted by atomic mass is 32.1. The summed E-state index contributed by atoms with van der Waals surface area (Å²) >= 11 is 1.89. The van der Waals surface area contributed by atoms with Crippen LogP contribution in [0.5, 0.6) is 5.75 Å². The summed E-state index contributed by atoms with van der Waals surface area (Å²) < 4.78 is 5.92. The summed E-state index contributed by atoms with van der Waals surface area (Å²) in [5.74, 6) is 2.87. The van der Waals surface area contributed by atoms with Crippen molar-refractivity contribution in [3.05, 3.63) is 46.6 Å². The van der Waals surface area contributed by atoms with Gasteiger partial charge in [-0.3, -0.25) is 4.90 Å². The van der Waals surface area contributed by atoms with Crippen molar-refractivity contribution < 1.29 is 4.74 Å². The number of aryl methyl sites for hydroxylation is 2. The van der Waals surface area contributed by atoms with Crippen LogP contribution in [0, 0.1) is 12.8 Å². The van der Waals surface area contributed by atoms with Crippen molar-refractivity contribution in [1.82, 2.24) is 14.9 Å². The Morgan fingerprint density at radius 1 is 1.10 bits per heavy atom. The third-order valence-corrected chi connectivity index (χ3v) is 7.64. The fourth-order valence-electron chi connectivity index (χ4n) is 4.62. The Labute approximate surface area is 182 Å². The Balaban J connectivity index is 1.22. The first-order chi connectivity index (χ1) is 14.7. The number of piperazine rings is 1. The normalized spacial score (nSPS) is 19.8. The number of nitrogens with zero attached hydrogens (tertiary/aromatic N) is 4. The maximum Gasteiger partial charge on any atom is 0.141 e. The van der Waals surface area contributed by atoms with Crippen LogP contribution in [0.25, 0.3) is 10.2 Å². The third kappa shape index (κ3) is 4.03. The van der Waals surface area contributed by atoms with Crippen LogP contribution in [0.2, 0.25) is 0 Å². The minimum Gasteiger partial charge on any atom is -0.492 e. The van der Waals surface area contributed by atoms with Crippen LogP contribution in [0.15, 0.2) is 30.6 Å². The quantitative estimate of drug-likeness (QED) is 0.612. The molecule has 2 aliphatic rings. The molecule has 1 atom stereocenters. The molecule has 1 saturated heterocycles. The summed E-state index contributed by atoms with van der Waals surface area (Å²) in [6.07, 6.45) is 5.43. The van der Waals surface area contributed by atoms with Gasteiger partial charge in [0.2, 0.25) is 0 Å². The maximum atomic E-state index is 5.92. The fourth-order valence-corrected chi connectivity index (χ4v) is 5.79. The second-order valence-electron chi connectivity index (χ2n) is 8.72. The van der Waals surface area contributed by atoms with Crippen molar-refractivity contribution >= 4 is 27.4 Å². The molecule has 1 aliphatic heterocycles. The van der Waals surface area contributed by atoms with Crippen molar-refractivity contribution in [3.63, 3.8) is 0 Å². The second-order valence-corrected chi connectivity index (χ2v) is 9.80. The van der Waals surface area contributed by atoms with Gasteiger partial charge in [-0.2, -0.15) is 0 Å². The lowest BCUT2D eigenvalue weighted by atomic mass is 9.88. The Bertz CT molecular complexity index is 1010. The van der Waals surface area contributed by atoms with E-state index in [1.54, 1.807) is 6.33 Å². The number of aromatic nitrogens is 2. The predicted octanol–water partition coefficient (Wildman–Crippen LogP) is 4.33. The summed E-state index contributed by atoms with van der Waals surface area (Å²) in [6, 6.07) is 8.30. The summed E-state index contributed by atoms with van der Waals surface area (Å²) in [4.78, 5) is 17.0. The predicted molar refractivity (Wildman–Crippen MR) is 124 cm³/mol. The monoisotopic (exact) mass is 422 g/mol. The van der Waals surface area contributed by atoms with E-state index in [1.165, 1.54) is 45.5 Å². The molecule has 5 nitrogen and oxygen atoms in total. The molecule has 30 heavy (non-hydrogen) atoms. The van der Waals surface area contributed by atoms with Crippen LogP contribution in [0.3, 0.4) is 0 Å². The van der Waals surface area contributed by atoms with Crippen molar-refractivity contribution in [2.24, 2.45) is 5.92 Å². The number of thiophene rings is 1. The second kappa shape index (κ2) is 8.52. The molecule has 0 unspecified atom stereocenters. The van der Waals surface area contributed by atoms with Crippen LogP contribution in [-0.4, -0.2) is 54.2 Å². The molecule has 0 radical (unpaired) electrons. The van der Waals surface area contributed by atoms with Gasteiger partial charge in [0.15, 0.2) is 0 Å². The summed E-state index contributed by atoms with van der Waals surface area (Å²) in [7, 11) is 0. The number of anilines is 1. The minimum absolute atomic E-state index is 0.733. The molecule has 0 N–H and O–H groups in total. The first kappa shape index (κ1) is 19.8. The molecule has 6 heteroatoms. The van der Waals surface area contributed by atoms with E-state index in [9.17, 15) is 0 Å². The maximum absolute atomic E-state index is 5.92. The standard InChI is InChI=1S/C24H30N4OS/c1-17-3-6-19(7-4-17)29-14-13-27-9-11-28(12-10-27)23-22-20-15-18(2)5-8-21(20)30-24(22)26-16-25-23/h3-4,6-7,16,18H,5,8-15H2,1-2H3/t18-/m0/s1. The molecule has 2 aromatic heterocycles. The van der Waals surface area contributed by atoms with E-state index in [0.717, 1.165) is 56.8 Å². The van der Waals surface area contributed by atoms with Crippen molar-refractivity contribution in [1.29, 1.82) is 0 Å². The van der Waals surface area contributed by atoms with Gasteiger partial charge in [-0.25, -0.2) is 9.97 Å². The molecular weight excluding hydrogens is 392 g/mol. The summed E-state index contributed by atoms with van der Waals surface area (Å²) in [6.45, 7) is 10.3. The minimum atomic E-state index is 0.733. The largest absolute Gasteiger partial charge is 0.492 e.